The van der Waals surface area contributed by atoms with Gasteiger partial charge in [-0.3, -0.25) is 4.98 Å². The van der Waals surface area contributed by atoms with Gasteiger partial charge in [0, 0.05) is 34.9 Å². The van der Waals surface area contributed by atoms with Gasteiger partial charge in [0.15, 0.2) is 0 Å². The van der Waals surface area contributed by atoms with E-state index in [0.717, 1.165) is 27.9 Å². The summed E-state index contributed by atoms with van der Waals surface area (Å²) >= 11 is 0. The molecule has 0 unspecified atom stereocenters. The minimum atomic E-state index is -0.258. The molecule has 3 rings (SSSR count). The fourth-order valence-electron chi connectivity index (χ4n) is 1.99. The molecule has 0 fully saturated rings. The van der Waals surface area contributed by atoms with Crippen molar-refractivity contribution < 1.29 is 9.13 Å². The molecule has 3 nitrogen and oxygen atoms in total. The average molecular weight is 242 g/mol. The normalized spacial score (nSPS) is 10.8. The van der Waals surface area contributed by atoms with Gasteiger partial charge in [-0.05, 0) is 24.3 Å². The maximum absolute atomic E-state index is 13.3. The second-order valence-corrected chi connectivity index (χ2v) is 3.97. The molecule has 0 radical (unpaired) electrons. The van der Waals surface area contributed by atoms with Gasteiger partial charge < -0.3 is 9.72 Å². The number of H-pyrrole nitrogens is 1. The monoisotopic (exact) mass is 242 g/mol. The van der Waals surface area contributed by atoms with Crippen LogP contribution in [0.1, 0.15) is 0 Å². The number of fused-ring (bicyclic) bond motifs is 1. The maximum Gasteiger partial charge on any atom is 0.123 e. The number of nitrogens with zero attached hydrogens (tertiary/aromatic N) is 1. The highest BCUT2D eigenvalue weighted by atomic mass is 19.1. The van der Waals surface area contributed by atoms with Crippen molar-refractivity contribution in [3.05, 3.63) is 48.5 Å². The maximum atomic E-state index is 13.3. The van der Waals surface area contributed by atoms with Crippen molar-refractivity contribution in [2.24, 2.45) is 0 Å². The van der Waals surface area contributed by atoms with Gasteiger partial charge in [-0.1, -0.05) is 0 Å². The number of hydrogen-bond donors (Lipinski definition) is 1. The van der Waals surface area contributed by atoms with Crippen LogP contribution < -0.4 is 4.74 Å². The molecule has 0 spiro atoms. The highest BCUT2D eigenvalue weighted by Gasteiger charge is 2.08. The van der Waals surface area contributed by atoms with Crippen LogP contribution in [0.2, 0.25) is 0 Å². The minimum absolute atomic E-state index is 0.258. The summed E-state index contributed by atoms with van der Waals surface area (Å²) in [5.74, 6) is 0.469. The Kier molecular flexibility index (Phi) is 2.48. The molecule has 2 aromatic heterocycles. The number of hydrogen-bond acceptors (Lipinski definition) is 2. The fourth-order valence-corrected chi connectivity index (χ4v) is 1.99. The van der Waals surface area contributed by atoms with Crippen LogP contribution in [-0.4, -0.2) is 17.1 Å². The van der Waals surface area contributed by atoms with E-state index in [1.54, 1.807) is 25.4 Å². The molecule has 0 atom stereocenters. The first-order chi connectivity index (χ1) is 8.78. The van der Waals surface area contributed by atoms with Gasteiger partial charge in [0.1, 0.15) is 11.6 Å². The summed E-state index contributed by atoms with van der Waals surface area (Å²) in [6.45, 7) is 0. The van der Waals surface area contributed by atoms with Crippen LogP contribution >= 0.6 is 0 Å². The molecule has 90 valence electrons. The SMILES string of the molecule is COc1ccnc(-c2c[nH]c3ccc(F)cc23)c1. The van der Waals surface area contributed by atoms with Crippen molar-refractivity contribution in [2.75, 3.05) is 7.11 Å². The van der Waals surface area contributed by atoms with E-state index in [9.17, 15) is 4.39 Å². The molecule has 4 heteroatoms. The van der Waals surface area contributed by atoms with E-state index in [0.29, 0.717) is 0 Å². The number of halogens is 1. The Hall–Kier alpha value is -2.36. The number of nitrogens with one attached hydrogen (secondary N) is 1. The first-order valence-electron chi connectivity index (χ1n) is 5.55. The quantitative estimate of drug-likeness (QED) is 0.748. The molecule has 0 saturated heterocycles. The molecule has 18 heavy (non-hydrogen) atoms. The van der Waals surface area contributed by atoms with Gasteiger partial charge in [-0.2, -0.15) is 0 Å². The molecule has 0 saturated carbocycles. The lowest BCUT2D eigenvalue weighted by molar-refractivity contribution is 0.414. The average Bonchev–Trinajstić information content (AvgIpc) is 2.81. The number of aromatic amines is 1. The van der Waals surface area contributed by atoms with Gasteiger partial charge in [0.2, 0.25) is 0 Å². The Bertz CT molecular complexity index is 706. The molecule has 1 N–H and O–H groups in total. The number of pyridine rings is 1. The van der Waals surface area contributed by atoms with Crippen LogP contribution in [0, 0.1) is 5.82 Å². The van der Waals surface area contributed by atoms with E-state index in [1.165, 1.54) is 12.1 Å². The molecule has 0 amide bonds. The van der Waals surface area contributed by atoms with Gasteiger partial charge in [0.05, 0.1) is 12.8 Å². The number of ether oxygens (including phenoxy) is 1. The van der Waals surface area contributed by atoms with E-state index >= 15 is 0 Å². The first-order valence-corrected chi connectivity index (χ1v) is 5.55. The smallest absolute Gasteiger partial charge is 0.123 e. The minimum Gasteiger partial charge on any atom is -0.497 e. The largest absolute Gasteiger partial charge is 0.497 e. The molecule has 3 aromatic rings. The summed E-state index contributed by atoms with van der Waals surface area (Å²) in [4.78, 5) is 7.39. The Morgan fingerprint density at radius 1 is 1.22 bits per heavy atom. The van der Waals surface area contributed by atoms with Crippen molar-refractivity contribution in [3.8, 4) is 17.0 Å². The van der Waals surface area contributed by atoms with Crippen LogP contribution in [0.5, 0.6) is 5.75 Å². The number of aromatic nitrogens is 2. The van der Waals surface area contributed by atoms with Crippen LogP contribution in [0.25, 0.3) is 22.2 Å². The topological polar surface area (TPSA) is 37.9 Å². The zero-order valence-electron chi connectivity index (χ0n) is 9.77. The highest BCUT2D eigenvalue weighted by molar-refractivity contribution is 5.94. The summed E-state index contributed by atoms with van der Waals surface area (Å²) in [5, 5.41) is 0.816. The van der Waals surface area contributed by atoms with E-state index in [1.807, 2.05) is 12.3 Å². The second-order valence-electron chi connectivity index (χ2n) is 3.97. The molecule has 1 aromatic carbocycles. The number of rotatable bonds is 2. The third kappa shape index (κ3) is 1.72. The fraction of sp³-hybridized carbons (Fsp3) is 0.0714. The molecular weight excluding hydrogens is 231 g/mol. The van der Waals surface area contributed by atoms with Gasteiger partial charge >= 0.3 is 0 Å². The van der Waals surface area contributed by atoms with Gasteiger partial charge in [-0.25, -0.2) is 4.39 Å². The lowest BCUT2D eigenvalue weighted by Gasteiger charge is -2.02. The third-order valence-corrected chi connectivity index (χ3v) is 2.89. The van der Waals surface area contributed by atoms with Crippen LogP contribution in [0.3, 0.4) is 0 Å². The first kappa shape index (κ1) is 10.8. The molecule has 0 bridgehead atoms. The van der Waals surface area contributed by atoms with Gasteiger partial charge in [-0.15, -0.1) is 0 Å². The van der Waals surface area contributed by atoms with Crippen molar-refractivity contribution in [1.29, 1.82) is 0 Å². The summed E-state index contributed by atoms with van der Waals surface area (Å²) in [7, 11) is 1.61. The Morgan fingerprint density at radius 3 is 2.94 bits per heavy atom. The lowest BCUT2D eigenvalue weighted by atomic mass is 10.1. The van der Waals surface area contributed by atoms with Gasteiger partial charge in [0.25, 0.3) is 0 Å². The standard InChI is InChI=1S/C14H11FN2O/c1-18-10-4-5-16-14(7-10)12-8-17-13-3-2-9(15)6-11(12)13/h2-8,17H,1H3. The zero-order chi connectivity index (χ0) is 12.5. The lowest BCUT2D eigenvalue weighted by Crippen LogP contribution is -1.86. The van der Waals surface area contributed by atoms with Crippen molar-refractivity contribution >= 4 is 10.9 Å². The van der Waals surface area contributed by atoms with E-state index in [4.69, 9.17) is 4.74 Å². The van der Waals surface area contributed by atoms with Crippen LogP contribution in [-0.2, 0) is 0 Å². The van der Waals surface area contributed by atoms with E-state index in [-0.39, 0.29) is 5.82 Å². The molecule has 2 heterocycles. The summed E-state index contributed by atoms with van der Waals surface area (Å²) in [6.07, 6.45) is 3.50. The highest BCUT2D eigenvalue weighted by Crippen LogP contribution is 2.29. The molecular formula is C14H11FN2O. The summed E-state index contributed by atoms with van der Waals surface area (Å²) in [5.41, 5.74) is 2.51. The molecule has 0 aliphatic heterocycles. The van der Waals surface area contributed by atoms with Crippen molar-refractivity contribution in [3.63, 3.8) is 0 Å². The Balaban J connectivity index is 2.21. The Morgan fingerprint density at radius 2 is 2.11 bits per heavy atom. The molecule has 0 aliphatic rings. The van der Waals surface area contributed by atoms with Crippen molar-refractivity contribution in [1.82, 2.24) is 9.97 Å². The predicted octanol–water partition coefficient (Wildman–Crippen LogP) is 3.38. The second kappa shape index (κ2) is 4.14. The predicted molar refractivity (Wildman–Crippen MR) is 68.0 cm³/mol. The summed E-state index contributed by atoms with van der Waals surface area (Å²) in [6, 6.07) is 8.25. The van der Waals surface area contributed by atoms with Crippen LogP contribution in [0.4, 0.5) is 4.39 Å². The van der Waals surface area contributed by atoms with E-state index in [2.05, 4.69) is 9.97 Å². The number of benzene rings is 1. The van der Waals surface area contributed by atoms with E-state index < -0.39 is 0 Å². The third-order valence-electron chi connectivity index (χ3n) is 2.89. The molecule has 0 aliphatic carbocycles. The zero-order valence-corrected chi connectivity index (χ0v) is 9.77. The number of methoxy groups -OCH3 is 1. The summed E-state index contributed by atoms with van der Waals surface area (Å²) < 4.78 is 18.5. The van der Waals surface area contributed by atoms with Crippen molar-refractivity contribution in [2.45, 2.75) is 0 Å². The Labute approximate surface area is 103 Å². The van der Waals surface area contributed by atoms with Crippen LogP contribution in [0.15, 0.2) is 42.7 Å².